The van der Waals surface area contributed by atoms with E-state index in [-0.39, 0.29) is 5.56 Å². The molecule has 0 amide bonds. The highest BCUT2D eigenvalue weighted by molar-refractivity contribution is 5.88. The summed E-state index contributed by atoms with van der Waals surface area (Å²) in [5.74, 6) is -1.94. The summed E-state index contributed by atoms with van der Waals surface area (Å²) in [7, 11) is 0. The van der Waals surface area contributed by atoms with Gasteiger partial charge in [0.15, 0.2) is 0 Å². The third kappa shape index (κ3) is 3.92. The molecule has 4 nitrogen and oxygen atoms in total. The average molecular weight is 266 g/mol. The molecule has 104 valence electrons. The maximum atomic E-state index is 13.4. The molecule has 0 aliphatic carbocycles. The highest BCUT2D eigenvalue weighted by Gasteiger charge is 2.11. The number of carbonyl (C=O) groups is 1. The Morgan fingerprint density at radius 3 is 2.74 bits per heavy atom. The molecule has 1 aliphatic rings. The molecule has 1 aromatic rings. The standard InChI is InChI=1S/C14H19FN2O2/c15-13-10-11(4-5-12(13)14(18)19)16-6-3-9-17-7-1-2-8-17/h4-5,10,16H,1-3,6-9H2,(H,18,19). The SMILES string of the molecule is O=C(O)c1ccc(NCCCN2CCCC2)cc1F. The van der Waals surface area contributed by atoms with Crippen LogP contribution in [0.25, 0.3) is 0 Å². The van der Waals surface area contributed by atoms with Crippen molar-refractivity contribution in [2.45, 2.75) is 19.3 Å². The van der Waals surface area contributed by atoms with Crippen molar-refractivity contribution in [3.8, 4) is 0 Å². The maximum absolute atomic E-state index is 13.4. The van der Waals surface area contributed by atoms with Crippen LogP contribution in [0.3, 0.4) is 0 Å². The third-order valence-electron chi connectivity index (χ3n) is 3.38. The molecule has 1 fully saturated rings. The Bertz CT molecular complexity index is 445. The van der Waals surface area contributed by atoms with Gasteiger partial charge in [0.1, 0.15) is 5.82 Å². The van der Waals surface area contributed by atoms with Gasteiger partial charge in [0.25, 0.3) is 0 Å². The van der Waals surface area contributed by atoms with Gasteiger partial charge in [0.2, 0.25) is 0 Å². The number of anilines is 1. The van der Waals surface area contributed by atoms with Crippen LogP contribution in [0.2, 0.25) is 0 Å². The summed E-state index contributed by atoms with van der Waals surface area (Å²) in [6, 6.07) is 4.13. The second-order valence-corrected chi connectivity index (χ2v) is 4.83. The predicted molar refractivity (Wildman–Crippen MR) is 72.1 cm³/mol. The molecule has 5 heteroatoms. The van der Waals surface area contributed by atoms with Crippen LogP contribution < -0.4 is 5.32 Å². The highest BCUT2D eigenvalue weighted by atomic mass is 19.1. The smallest absolute Gasteiger partial charge is 0.338 e. The summed E-state index contributed by atoms with van der Waals surface area (Å²) in [6.45, 7) is 4.19. The van der Waals surface area contributed by atoms with Gasteiger partial charge in [-0.05, 0) is 57.1 Å². The van der Waals surface area contributed by atoms with Gasteiger partial charge < -0.3 is 15.3 Å². The highest BCUT2D eigenvalue weighted by Crippen LogP contribution is 2.15. The fourth-order valence-corrected chi connectivity index (χ4v) is 2.34. The number of carboxylic acid groups (broad SMARTS) is 1. The van der Waals surface area contributed by atoms with Crippen molar-refractivity contribution in [1.29, 1.82) is 0 Å². The number of aromatic carboxylic acids is 1. The Balaban J connectivity index is 1.76. The molecular formula is C14H19FN2O2. The van der Waals surface area contributed by atoms with Gasteiger partial charge >= 0.3 is 5.97 Å². The summed E-state index contributed by atoms with van der Waals surface area (Å²) in [6.07, 6.45) is 3.58. The molecule has 2 N–H and O–H groups in total. The number of nitrogens with zero attached hydrogens (tertiary/aromatic N) is 1. The lowest BCUT2D eigenvalue weighted by molar-refractivity contribution is 0.0692. The number of hydrogen-bond acceptors (Lipinski definition) is 3. The van der Waals surface area contributed by atoms with Gasteiger partial charge in [0.05, 0.1) is 5.56 Å². The fraction of sp³-hybridized carbons (Fsp3) is 0.500. The van der Waals surface area contributed by atoms with E-state index in [0.717, 1.165) is 19.5 Å². The molecule has 0 radical (unpaired) electrons. The van der Waals surface area contributed by atoms with E-state index in [4.69, 9.17) is 5.11 Å². The largest absolute Gasteiger partial charge is 0.478 e. The van der Waals surface area contributed by atoms with Gasteiger partial charge in [0, 0.05) is 12.2 Å². The second kappa shape index (κ2) is 6.52. The van der Waals surface area contributed by atoms with Crippen LogP contribution in [-0.4, -0.2) is 42.2 Å². The molecule has 0 saturated carbocycles. The molecule has 1 saturated heterocycles. The van der Waals surface area contributed by atoms with E-state index in [9.17, 15) is 9.18 Å². The number of halogens is 1. The van der Waals surface area contributed by atoms with Crippen molar-refractivity contribution >= 4 is 11.7 Å². The monoisotopic (exact) mass is 266 g/mol. The first-order valence-electron chi connectivity index (χ1n) is 6.66. The number of likely N-dealkylation sites (tertiary alicyclic amines) is 1. The Kier molecular flexibility index (Phi) is 4.74. The summed E-state index contributed by atoms with van der Waals surface area (Å²) in [5.41, 5.74) is 0.339. The molecule has 0 aromatic heterocycles. The topological polar surface area (TPSA) is 52.6 Å². The van der Waals surface area contributed by atoms with E-state index >= 15 is 0 Å². The van der Waals surface area contributed by atoms with Crippen molar-refractivity contribution in [1.82, 2.24) is 4.90 Å². The molecule has 0 spiro atoms. The summed E-state index contributed by atoms with van der Waals surface area (Å²) in [4.78, 5) is 13.1. The zero-order valence-corrected chi connectivity index (χ0v) is 10.9. The molecule has 0 atom stereocenters. The summed E-state index contributed by atoms with van der Waals surface area (Å²) >= 11 is 0. The maximum Gasteiger partial charge on any atom is 0.338 e. The van der Waals surface area contributed by atoms with E-state index in [1.165, 1.54) is 38.1 Å². The lowest BCUT2D eigenvalue weighted by atomic mass is 10.2. The number of carboxylic acids is 1. The molecule has 19 heavy (non-hydrogen) atoms. The minimum Gasteiger partial charge on any atom is -0.478 e. The average Bonchev–Trinajstić information content (AvgIpc) is 2.87. The van der Waals surface area contributed by atoms with E-state index in [0.29, 0.717) is 5.69 Å². The van der Waals surface area contributed by atoms with Crippen molar-refractivity contribution in [3.05, 3.63) is 29.6 Å². The Labute approximate surface area is 112 Å². The van der Waals surface area contributed by atoms with E-state index < -0.39 is 11.8 Å². The van der Waals surface area contributed by atoms with Gasteiger partial charge in [-0.3, -0.25) is 0 Å². The number of hydrogen-bond donors (Lipinski definition) is 2. The zero-order valence-electron chi connectivity index (χ0n) is 10.9. The number of nitrogens with one attached hydrogen (secondary N) is 1. The normalized spacial score (nSPS) is 15.6. The van der Waals surface area contributed by atoms with Crippen molar-refractivity contribution in [2.24, 2.45) is 0 Å². The van der Waals surface area contributed by atoms with E-state index in [1.54, 1.807) is 6.07 Å². The molecule has 1 aromatic carbocycles. The molecule has 1 heterocycles. The van der Waals surface area contributed by atoms with Crippen molar-refractivity contribution < 1.29 is 14.3 Å². The first kappa shape index (κ1) is 13.8. The van der Waals surface area contributed by atoms with Crippen LogP contribution in [0.4, 0.5) is 10.1 Å². The van der Waals surface area contributed by atoms with Crippen molar-refractivity contribution in [3.63, 3.8) is 0 Å². The second-order valence-electron chi connectivity index (χ2n) is 4.83. The lowest BCUT2D eigenvalue weighted by Gasteiger charge is -2.14. The minimum absolute atomic E-state index is 0.289. The minimum atomic E-state index is -1.24. The molecular weight excluding hydrogens is 247 g/mol. The van der Waals surface area contributed by atoms with Crippen LogP contribution in [0.15, 0.2) is 18.2 Å². The third-order valence-corrected chi connectivity index (χ3v) is 3.38. The first-order valence-corrected chi connectivity index (χ1v) is 6.66. The lowest BCUT2D eigenvalue weighted by Crippen LogP contribution is -2.22. The Morgan fingerprint density at radius 2 is 2.11 bits per heavy atom. The zero-order chi connectivity index (χ0) is 13.7. The quantitative estimate of drug-likeness (QED) is 0.776. The number of benzene rings is 1. The van der Waals surface area contributed by atoms with Gasteiger partial charge in [-0.1, -0.05) is 0 Å². The van der Waals surface area contributed by atoms with Crippen LogP contribution in [0.1, 0.15) is 29.6 Å². The summed E-state index contributed by atoms with van der Waals surface area (Å²) < 4.78 is 13.4. The molecule has 0 bridgehead atoms. The van der Waals surface area contributed by atoms with E-state index in [1.807, 2.05) is 0 Å². The molecule has 1 aliphatic heterocycles. The van der Waals surface area contributed by atoms with Gasteiger partial charge in [-0.15, -0.1) is 0 Å². The van der Waals surface area contributed by atoms with Gasteiger partial charge in [-0.25, -0.2) is 9.18 Å². The fourth-order valence-electron chi connectivity index (χ4n) is 2.34. The van der Waals surface area contributed by atoms with E-state index in [2.05, 4.69) is 10.2 Å². The predicted octanol–water partition coefficient (Wildman–Crippen LogP) is 2.42. The van der Waals surface area contributed by atoms with Gasteiger partial charge in [-0.2, -0.15) is 0 Å². The molecule has 2 rings (SSSR count). The Morgan fingerprint density at radius 1 is 1.37 bits per heavy atom. The van der Waals surface area contributed by atoms with Crippen LogP contribution in [-0.2, 0) is 0 Å². The molecule has 0 unspecified atom stereocenters. The van der Waals surface area contributed by atoms with Crippen LogP contribution in [0.5, 0.6) is 0 Å². The summed E-state index contributed by atoms with van der Waals surface area (Å²) in [5, 5.41) is 11.8. The number of rotatable bonds is 6. The van der Waals surface area contributed by atoms with Crippen LogP contribution in [0, 0.1) is 5.82 Å². The Hall–Kier alpha value is -1.62. The first-order chi connectivity index (χ1) is 9.16. The van der Waals surface area contributed by atoms with Crippen molar-refractivity contribution in [2.75, 3.05) is 31.5 Å². The van der Waals surface area contributed by atoms with Crippen LogP contribution >= 0.6 is 0 Å².